The molecule has 3 atom stereocenters. The Balaban J connectivity index is 1.05. The number of halogens is 3. The SMILES string of the molecule is O=C(Nc1ccc2oc(-c3ccnc(C(=O)N4CCC([C@@H](c5ccccc5)n5nnc(C(F)F)n5)CC4)c3)nc2c1)[C@@H]1C[C@@H]1F. The molecule has 3 aromatic heterocycles. The molecule has 11 nitrogen and oxygen atoms in total. The number of aromatic nitrogens is 6. The molecule has 1 N–H and O–H groups in total. The van der Waals surface area contributed by atoms with Crippen molar-refractivity contribution < 1.29 is 27.2 Å². The summed E-state index contributed by atoms with van der Waals surface area (Å²) in [6.45, 7) is 0.854. The van der Waals surface area contributed by atoms with Crippen LogP contribution in [0.15, 0.2) is 71.3 Å². The molecule has 7 rings (SSSR count). The van der Waals surface area contributed by atoms with Crippen LogP contribution in [0.25, 0.3) is 22.6 Å². The van der Waals surface area contributed by atoms with Crippen molar-refractivity contribution in [2.45, 2.75) is 37.9 Å². The summed E-state index contributed by atoms with van der Waals surface area (Å²) in [5.74, 6) is -1.58. The molecule has 0 radical (unpaired) electrons. The van der Waals surface area contributed by atoms with E-state index in [1.807, 2.05) is 30.3 Å². The lowest BCUT2D eigenvalue weighted by Crippen LogP contribution is -2.41. The maximum atomic E-state index is 13.5. The van der Waals surface area contributed by atoms with Crippen LogP contribution >= 0.6 is 0 Å². The molecular formula is C31H27F3N8O3. The molecule has 45 heavy (non-hydrogen) atoms. The highest BCUT2D eigenvalue weighted by atomic mass is 19.3. The van der Waals surface area contributed by atoms with E-state index < -0.39 is 30.4 Å². The van der Waals surface area contributed by atoms with Crippen molar-refractivity contribution in [3.05, 3.63) is 83.9 Å². The van der Waals surface area contributed by atoms with Crippen molar-refractivity contribution in [3.63, 3.8) is 0 Å². The van der Waals surface area contributed by atoms with Gasteiger partial charge in [0.1, 0.15) is 23.4 Å². The van der Waals surface area contributed by atoms with E-state index >= 15 is 0 Å². The van der Waals surface area contributed by atoms with Gasteiger partial charge in [0.25, 0.3) is 5.91 Å². The summed E-state index contributed by atoms with van der Waals surface area (Å²) in [6.07, 6.45) is -0.977. The first kappa shape index (κ1) is 28.6. The van der Waals surface area contributed by atoms with E-state index in [1.54, 1.807) is 35.2 Å². The van der Waals surface area contributed by atoms with Crippen molar-refractivity contribution >= 4 is 28.6 Å². The number of oxazole rings is 1. The van der Waals surface area contributed by atoms with Gasteiger partial charge in [-0.3, -0.25) is 14.6 Å². The second-order valence-corrected chi connectivity index (χ2v) is 11.2. The molecule has 1 aliphatic carbocycles. The van der Waals surface area contributed by atoms with Gasteiger partial charge in [-0.25, -0.2) is 18.2 Å². The summed E-state index contributed by atoms with van der Waals surface area (Å²) in [5.41, 5.74) is 3.13. The number of rotatable bonds is 8. The number of benzene rings is 2. The molecule has 1 saturated carbocycles. The maximum absolute atomic E-state index is 13.5. The number of likely N-dealkylation sites (tertiary alicyclic amines) is 1. The lowest BCUT2D eigenvalue weighted by atomic mass is 9.85. The van der Waals surface area contributed by atoms with Crippen LogP contribution in [-0.4, -0.2) is 66.2 Å². The van der Waals surface area contributed by atoms with Crippen LogP contribution in [0.3, 0.4) is 0 Å². The van der Waals surface area contributed by atoms with E-state index in [9.17, 15) is 22.8 Å². The Morgan fingerprint density at radius 2 is 1.80 bits per heavy atom. The fourth-order valence-electron chi connectivity index (χ4n) is 5.75. The Bertz CT molecular complexity index is 1860. The number of fused-ring (bicyclic) bond motifs is 1. The van der Waals surface area contributed by atoms with Gasteiger partial charge in [-0.15, -0.1) is 10.2 Å². The number of carbonyl (C=O) groups excluding carboxylic acids is 2. The molecule has 14 heteroatoms. The van der Waals surface area contributed by atoms with E-state index in [0.29, 0.717) is 48.3 Å². The predicted octanol–water partition coefficient (Wildman–Crippen LogP) is 5.25. The Kier molecular flexibility index (Phi) is 7.47. The molecule has 2 aromatic carbocycles. The largest absolute Gasteiger partial charge is 0.436 e. The van der Waals surface area contributed by atoms with Crippen molar-refractivity contribution in [1.29, 1.82) is 0 Å². The number of hydrogen-bond donors (Lipinski definition) is 1. The molecule has 2 fully saturated rings. The van der Waals surface area contributed by atoms with Gasteiger partial charge >= 0.3 is 6.43 Å². The van der Waals surface area contributed by atoms with Crippen LogP contribution in [0, 0.1) is 11.8 Å². The second kappa shape index (κ2) is 11.7. The van der Waals surface area contributed by atoms with Gasteiger partial charge in [0.2, 0.25) is 17.6 Å². The minimum Gasteiger partial charge on any atom is -0.436 e. The fourth-order valence-corrected chi connectivity index (χ4v) is 5.75. The average molecular weight is 617 g/mol. The van der Waals surface area contributed by atoms with Gasteiger partial charge in [-0.05, 0) is 66.3 Å². The van der Waals surface area contributed by atoms with Crippen molar-refractivity contribution in [1.82, 2.24) is 35.1 Å². The van der Waals surface area contributed by atoms with Gasteiger partial charge in [0.05, 0.1) is 5.92 Å². The molecule has 1 saturated heterocycles. The minimum atomic E-state index is -2.82. The first-order valence-corrected chi connectivity index (χ1v) is 14.6. The normalized spacial score (nSPS) is 19.2. The van der Waals surface area contributed by atoms with Crippen LogP contribution in [0.2, 0.25) is 0 Å². The Hall–Kier alpha value is -5.14. The maximum Gasteiger partial charge on any atom is 0.301 e. The highest BCUT2D eigenvalue weighted by Gasteiger charge is 2.43. The molecule has 0 spiro atoms. The number of nitrogens with one attached hydrogen (secondary N) is 1. The summed E-state index contributed by atoms with van der Waals surface area (Å²) >= 11 is 0. The molecule has 1 aliphatic heterocycles. The van der Waals surface area contributed by atoms with Crippen LogP contribution in [0.1, 0.15) is 53.6 Å². The third-order valence-corrected chi connectivity index (χ3v) is 8.23. The third-order valence-electron chi connectivity index (χ3n) is 8.23. The van der Waals surface area contributed by atoms with Gasteiger partial charge in [-0.1, -0.05) is 30.3 Å². The Morgan fingerprint density at radius 1 is 1.02 bits per heavy atom. The summed E-state index contributed by atoms with van der Waals surface area (Å²) in [5, 5.41) is 14.1. The van der Waals surface area contributed by atoms with Crippen molar-refractivity contribution in [2.75, 3.05) is 18.4 Å². The third kappa shape index (κ3) is 5.87. The first-order chi connectivity index (χ1) is 21.8. The molecule has 230 valence electrons. The second-order valence-electron chi connectivity index (χ2n) is 11.2. The zero-order valence-corrected chi connectivity index (χ0v) is 23.8. The first-order valence-electron chi connectivity index (χ1n) is 14.6. The summed E-state index contributed by atoms with van der Waals surface area (Å²) in [4.78, 5) is 37.4. The van der Waals surface area contributed by atoms with Crippen LogP contribution < -0.4 is 5.32 Å². The number of alkyl halides is 3. The van der Waals surface area contributed by atoms with E-state index in [2.05, 4.69) is 30.7 Å². The molecular weight excluding hydrogens is 589 g/mol. The molecule has 2 amide bonds. The molecule has 0 unspecified atom stereocenters. The highest BCUT2D eigenvalue weighted by Crippen LogP contribution is 2.36. The molecule has 2 aliphatic rings. The highest BCUT2D eigenvalue weighted by molar-refractivity contribution is 5.96. The minimum absolute atomic E-state index is 0.0208. The topological polar surface area (TPSA) is 132 Å². The molecule has 5 aromatic rings. The monoisotopic (exact) mass is 616 g/mol. The van der Waals surface area contributed by atoms with Gasteiger partial charge in [-0.2, -0.15) is 4.80 Å². The summed E-state index contributed by atoms with van der Waals surface area (Å²) in [7, 11) is 0. The smallest absolute Gasteiger partial charge is 0.301 e. The lowest BCUT2D eigenvalue weighted by molar-refractivity contribution is -0.117. The van der Waals surface area contributed by atoms with E-state index in [0.717, 1.165) is 5.56 Å². The van der Waals surface area contributed by atoms with E-state index in [1.165, 1.54) is 11.0 Å². The van der Waals surface area contributed by atoms with Crippen LogP contribution in [-0.2, 0) is 4.79 Å². The van der Waals surface area contributed by atoms with Gasteiger partial charge in [0, 0.05) is 30.5 Å². The van der Waals surface area contributed by atoms with Gasteiger partial charge < -0.3 is 14.6 Å². The quantitative estimate of drug-likeness (QED) is 0.250. The van der Waals surface area contributed by atoms with Gasteiger partial charge in [0.15, 0.2) is 5.58 Å². The summed E-state index contributed by atoms with van der Waals surface area (Å²) < 4.78 is 45.6. The predicted molar refractivity (Wildman–Crippen MR) is 155 cm³/mol. The van der Waals surface area contributed by atoms with Crippen LogP contribution in [0.5, 0.6) is 0 Å². The Morgan fingerprint density at radius 3 is 2.51 bits per heavy atom. The average Bonchev–Trinajstić information content (AvgIpc) is 3.40. The number of piperidine rings is 1. The van der Waals surface area contributed by atoms with Crippen LogP contribution in [0.4, 0.5) is 18.9 Å². The van der Waals surface area contributed by atoms with Crippen molar-refractivity contribution in [2.24, 2.45) is 11.8 Å². The number of pyridine rings is 1. The van der Waals surface area contributed by atoms with E-state index in [-0.39, 0.29) is 35.7 Å². The number of nitrogens with zero attached hydrogens (tertiary/aromatic N) is 7. The standard InChI is InChI=1S/C31H27F3N8O3/c32-22-16-21(22)29(43)36-20-6-7-25-23(15-20)37-30(45-25)19-8-11-35-24(14-19)31(44)41-12-9-18(10-13-41)26(17-4-2-1-3-5-17)42-39-28(27(33)34)38-40-42/h1-8,11,14-15,18,21-22,26-27H,9-10,12-13,16H2,(H,36,43)/t21-,22+,26-/m1/s1. The molecule has 0 bridgehead atoms. The zero-order chi connectivity index (χ0) is 31.1. The Labute approximate surface area is 254 Å². The fraction of sp³-hybridized carbons (Fsp3) is 0.323. The lowest BCUT2D eigenvalue weighted by Gasteiger charge is -2.35. The van der Waals surface area contributed by atoms with E-state index in [4.69, 9.17) is 4.42 Å². The number of carbonyl (C=O) groups is 2. The number of hydrogen-bond acceptors (Lipinski definition) is 8. The summed E-state index contributed by atoms with van der Waals surface area (Å²) in [6, 6.07) is 17.3. The van der Waals surface area contributed by atoms with Crippen molar-refractivity contribution in [3.8, 4) is 11.5 Å². The number of amides is 2. The zero-order valence-electron chi connectivity index (χ0n) is 23.8. The molecule has 4 heterocycles. The number of tetrazole rings is 1. The number of anilines is 1.